The number of ether oxygens (including phenoxy) is 3. The van der Waals surface area contributed by atoms with Gasteiger partial charge in [0, 0.05) is 30.9 Å². The van der Waals surface area contributed by atoms with Crippen LogP contribution in [0, 0.1) is 6.92 Å². The molecular formula is C20H23N3O4. The number of rotatable bonds is 7. The van der Waals surface area contributed by atoms with Crippen LogP contribution in [0.15, 0.2) is 36.7 Å². The highest BCUT2D eigenvalue weighted by atomic mass is 16.5. The average molecular weight is 369 g/mol. The van der Waals surface area contributed by atoms with Gasteiger partial charge in [-0.25, -0.2) is 4.98 Å². The minimum absolute atomic E-state index is 0.214. The summed E-state index contributed by atoms with van der Waals surface area (Å²) in [6, 6.07) is 7.26. The number of hydrogen-bond donors (Lipinski definition) is 1. The Balaban J connectivity index is 1.68. The number of nitrogens with one attached hydrogen (secondary N) is 1. The Bertz CT molecular complexity index is 940. The van der Waals surface area contributed by atoms with E-state index in [1.54, 1.807) is 12.1 Å². The van der Waals surface area contributed by atoms with E-state index in [0.717, 1.165) is 11.3 Å². The monoisotopic (exact) mass is 369 g/mol. The van der Waals surface area contributed by atoms with Gasteiger partial charge in [0.05, 0.1) is 27.0 Å². The van der Waals surface area contributed by atoms with Crippen LogP contribution >= 0.6 is 0 Å². The molecule has 7 nitrogen and oxygen atoms in total. The highest BCUT2D eigenvalue weighted by molar-refractivity contribution is 5.95. The average Bonchev–Trinajstić information content (AvgIpc) is 3.08. The summed E-state index contributed by atoms with van der Waals surface area (Å²) in [5, 5.41) is 2.90. The molecule has 1 N–H and O–H groups in total. The summed E-state index contributed by atoms with van der Waals surface area (Å²) in [5.74, 6) is 1.13. The smallest absolute Gasteiger partial charge is 0.251 e. The van der Waals surface area contributed by atoms with Crippen molar-refractivity contribution in [1.82, 2.24) is 14.7 Å². The Hall–Kier alpha value is -3.22. The molecule has 0 aliphatic carbocycles. The predicted octanol–water partition coefficient (Wildman–Crippen LogP) is 2.64. The van der Waals surface area contributed by atoms with Crippen molar-refractivity contribution < 1.29 is 19.0 Å². The first-order valence-electron chi connectivity index (χ1n) is 8.58. The number of methoxy groups -OCH3 is 3. The molecule has 0 aliphatic rings. The number of aromatic nitrogens is 2. The highest BCUT2D eigenvalue weighted by Crippen LogP contribution is 2.38. The van der Waals surface area contributed by atoms with E-state index < -0.39 is 0 Å². The molecule has 1 aromatic carbocycles. The van der Waals surface area contributed by atoms with Gasteiger partial charge in [-0.15, -0.1) is 0 Å². The molecule has 3 aromatic rings. The number of imidazole rings is 1. The lowest BCUT2D eigenvalue weighted by Gasteiger charge is -2.14. The van der Waals surface area contributed by atoms with Gasteiger partial charge in [0.15, 0.2) is 11.5 Å². The molecule has 0 bridgehead atoms. The minimum Gasteiger partial charge on any atom is -0.493 e. The van der Waals surface area contributed by atoms with Crippen LogP contribution in [0.4, 0.5) is 0 Å². The molecule has 0 aliphatic heterocycles. The van der Waals surface area contributed by atoms with Crippen molar-refractivity contribution >= 4 is 11.6 Å². The van der Waals surface area contributed by atoms with Gasteiger partial charge in [-0.05, 0) is 30.7 Å². The van der Waals surface area contributed by atoms with Crippen LogP contribution in [0.1, 0.15) is 21.6 Å². The van der Waals surface area contributed by atoms with Gasteiger partial charge in [-0.1, -0.05) is 6.07 Å². The minimum atomic E-state index is -0.214. The third-order valence-electron chi connectivity index (χ3n) is 4.24. The summed E-state index contributed by atoms with van der Waals surface area (Å²) in [7, 11) is 4.56. The Morgan fingerprint density at radius 2 is 1.78 bits per heavy atom. The Morgan fingerprint density at radius 3 is 2.41 bits per heavy atom. The number of amides is 1. The van der Waals surface area contributed by atoms with E-state index in [2.05, 4.69) is 10.3 Å². The molecule has 0 atom stereocenters. The predicted molar refractivity (Wildman–Crippen MR) is 102 cm³/mol. The number of hydrogen-bond acceptors (Lipinski definition) is 5. The molecule has 2 heterocycles. The summed E-state index contributed by atoms with van der Waals surface area (Å²) >= 11 is 0. The molecule has 3 rings (SSSR count). The lowest BCUT2D eigenvalue weighted by molar-refractivity contribution is 0.0953. The lowest BCUT2D eigenvalue weighted by atomic mass is 10.1. The second kappa shape index (κ2) is 7.99. The fourth-order valence-corrected chi connectivity index (χ4v) is 2.89. The number of carbonyl (C=O) groups excluding carboxylic acids is 1. The molecule has 0 spiro atoms. The lowest BCUT2D eigenvalue weighted by Crippen LogP contribution is -2.25. The largest absolute Gasteiger partial charge is 0.493 e. The number of nitrogens with zero attached hydrogens (tertiary/aromatic N) is 2. The third kappa shape index (κ3) is 3.97. The first-order chi connectivity index (χ1) is 13.0. The Labute approximate surface area is 157 Å². The van der Waals surface area contributed by atoms with Gasteiger partial charge in [0.2, 0.25) is 5.75 Å². The van der Waals surface area contributed by atoms with Crippen LogP contribution in [0.2, 0.25) is 0 Å². The van der Waals surface area contributed by atoms with Crippen molar-refractivity contribution in [2.75, 3.05) is 27.9 Å². The Morgan fingerprint density at radius 1 is 1.07 bits per heavy atom. The van der Waals surface area contributed by atoms with Crippen molar-refractivity contribution in [2.45, 2.75) is 13.3 Å². The number of fused-ring (bicyclic) bond motifs is 1. The molecule has 2 aromatic heterocycles. The van der Waals surface area contributed by atoms with Crippen LogP contribution in [-0.2, 0) is 6.42 Å². The maximum atomic E-state index is 12.5. The summed E-state index contributed by atoms with van der Waals surface area (Å²) < 4.78 is 17.8. The number of pyridine rings is 1. The van der Waals surface area contributed by atoms with Crippen LogP contribution in [0.3, 0.4) is 0 Å². The first-order valence-corrected chi connectivity index (χ1v) is 8.58. The molecule has 1 amide bonds. The zero-order valence-corrected chi connectivity index (χ0v) is 15.9. The molecule has 0 saturated heterocycles. The van der Waals surface area contributed by atoms with E-state index in [9.17, 15) is 4.79 Å². The molecule has 27 heavy (non-hydrogen) atoms. The number of aryl methyl sites for hydroxylation is 1. The second-order valence-corrected chi connectivity index (χ2v) is 6.12. The molecule has 0 fully saturated rings. The van der Waals surface area contributed by atoms with Crippen molar-refractivity contribution in [2.24, 2.45) is 0 Å². The van der Waals surface area contributed by atoms with E-state index >= 15 is 0 Å². The molecule has 0 saturated carbocycles. The quantitative estimate of drug-likeness (QED) is 0.693. The topological polar surface area (TPSA) is 74.1 Å². The van der Waals surface area contributed by atoms with Crippen LogP contribution in [0.5, 0.6) is 17.2 Å². The van der Waals surface area contributed by atoms with Crippen LogP contribution in [-0.4, -0.2) is 43.2 Å². The van der Waals surface area contributed by atoms with Crippen molar-refractivity contribution in [3.8, 4) is 17.2 Å². The third-order valence-corrected chi connectivity index (χ3v) is 4.24. The van der Waals surface area contributed by atoms with E-state index in [1.165, 1.54) is 26.9 Å². The van der Waals surface area contributed by atoms with Gasteiger partial charge in [0.25, 0.3) is 5.91 Å². The molecule has 0 unspecified atom stereocenters. The summed E-state index contributed by atoms with van der Waals surface area (Å²) in [4.78, 5) is 17.1. The normalized spacial score (nSPS) is 10.7. The van der Waals surface area contributed by atoms with Gasteiger partial charge in [-0.2, -0.15) is 0 Å². The standard InChI is InChI=1S/C20H23N3O4/c1-13-5-6-18-22-15(12-23(18)11-13)7-8-21-20(24)14-9-16(25-2)19(27-4)17(10-14)26-3/h5-6,9-12H,7-8H2,1-4H3,(H,21,24). The van der Waals surface area contributed by atoms with E-state index in [0.29, 0.717) is 35.8 Å². The number of carbonyl (C=O) groups is 1. The SMILES string of the molecule is COc1cc(C(=O)NCCc2cn3cc(C)ccc3n2)cc(OC)c1OC. The number of benzene rings is 1. The van der Waals surface area contributed by atoms with Crippen molar-refractivity contribution in [3.05, 3.63) is 53.5 Å². The van der Waals surface area contributed by atoms with Gasteiger partial charge >= 0.3 is 0 Å². The van der Waals surface area contributed by atoms with Gasteiger partial charge in [0.1, 0.15) is 5.65 Å². The zero-order chi connectivity index (χ0) is 19.4. The molecular weight excluding hydrogens is 346 g/mol. The molecule has 7 heteroatoms. The van der Waals surface area contributed by atoms with E-state index in [4.69, 9.17) is 14.2 Å². The fourth-order valence-electron chi connectivity index (χ4n) is 2.89. The summed E-state index contributed by atoms with van der Waals surface area (Å²) in [6.45, 7) is 2.51. The highest BCUT2D eigenvalue weighted by Gasteiger charge is 2.16. The summed E-state index contributed by atoms with van der Waals surface area (Å²) in [6.07, 6.45) is 4.64. The van der Waals surface area contributed by atoms with Gasteiger partial charge < -0.3 is 23.9 Å². The maximum absolute atomic E-state index is 12.5. The molecule has 142 valence electrons. The second-order valence-electron chi connectivity index (χ2n) is 6.12. The van der Waals surface area contributed by atoms with Crippen molar-refractivity contribution in [1.29, 1.82) is 0 Å². The zero-order valence-electron chi connectivity index (χ0n) is 15.9. The maximum Gasteiger partial charge on any atom is 0.251 e. The van der Waals surface area contributed by atoms with Crippen molar-refractivity contribution in [3.63, 3.8) is 0 Å². The Kier molecular flexibility index (Phi) is 5.49. The van der Waals surface area contributed by atoms with E-state index in [1.807, 2.05) is 35.9 Å². The molecule has 0 radical (unpaired) electrons. The van der Waals surface area contributed by atoms with Crippen LogP contribution in [0.25, 0.3) is 5.65 Å². The first kappa shape index (κ1) is 18.6. The summed E-state index contributed by atoms with van der Waals surface area (Å²) in [5.41, 5.74) is 3.43. The van der Waals surface area contributed by atoms with Crippen LogP contribution < -0.4 is 19.5 Å². The van der Waals surface area contributed by atoms with E-state index in [-0.39, 0.29) is 5.91 Å². The van der Waals surface area contributed by atoms with Gasteiger partial charge in [-0.3, -0.25) is 4.79 Å². The fraction of sp³-hybridized carbons (Fsp3) is 0.300.